The predicted octanol–water partition coefficient (Wildman–Crippen LogP) is 4.95. The molecule has 8 nitrogen and oxygen atoms in total. The number of rotatable bonds is 5. The van der Waals surface area contributed by atoms with E-state index in [0.717, 1.165) is 44.2 Å². The zero-order valence-electron chi connectivity index (χ0n) is 19.7. The van der Waals surface area contributed by atoms with Crippen LogP contribution in [0.4, 0.5) is 0 Å². The minimum atomic E-state index is -0.352. The summed E-state index contributed by atoms with van der Waals surface area (Å²) in [5, 5.41) is 0. The normalized spacial score (nSPS) is 16.4. The molecule has 1 aromatic heterocycles. The lowest BCUT2D eigenvalue weighted by Gasteiger charge is -2.14. The topological polar surface area (TPSA) is 73.2 Å². The van der Waals surface area contributed by atoms with Crippen LogP contribution in [0.25, 0.3) is 11.3 Å². The van der Waals surface area contributed by atoms with Gasteiger partial charge in [-0.1, -0.05) is 15.9 Å². The summed E-state index contributed by atoms with van der Waals surface area (Å²) in [5.74, 6) is 2.54. The van der Waals surface area contributed by atoms with E-state index in [-0.39, 0.29) is 12.6 Å². The molecule has 0 amide bonds. The number of halogens is 1. The van der Waals surface area contributed by atoms with Gasteiger partial charge in [0.1, 0.15) is 17.3 Å². The van der Waals surface area contributed by atoms with Crippen molar-refractivity contribution in [3.05, 3.63) is 64.0 Å². The zero-order valence-corrected chi connectivity index (χ0v) is 21.3. The average Bonchev–Trinajstić information content (AvgIpc) is 3.63. The van der Waals surface area contributed by atoms with Crippen LogP contribution in [0.15, 0.2) is 47.1 Å². The summed E-state index contributed by atoms with van der Waals surface area (Å²) in [6, 6.07) is 11.7. The minimum Gasteiger partial charge on any atom is -0.496 e. The van der Waals surface area contributed by atoms with Gasteiger partial charge in [0, 0.05) is 23.3 Å². The van der Waals surface area contributed by atoms with Gasteiger partial charge in [-0.05, 0) is 43.3 Å². The third kappa shape index (κ3) is 5.61. The van der Waals surface area contributed by atoms with Crippen LogP contribution in [0.1, 0.15) is 29.5 Å². The Morgan fingerprint density at radius 3 is 1.88 bits per heavy atom. The first-order chi connectivity index (χ1) is 16.5. The summed E-state index contributed by atoms with van der Waals surface area (Å²) in [7, 11) is 5.28. The first kappa shape index (κ1) is 24.7. The van der Waals surface area contributed by atoms with Gasteiger partial charge in [0.15, 0.2) is 12.6 Å². The number of hydrogen-bond donors (Lipinski definition) is 0. The lowest BCUT2D eigenvalue weighted by atomic mass is 10.1. The molecule has 5 rings (SSSR count). The molecule has 3 aromatic rings. The molecule has 0 radical (unpaired) electrons. The highest BCUT2D eigenvalue weighted by Gasteiger charge is 2.23. The van der Waals surface area contributed by atoms with E-state index in [1.807, 2.05) is 61.1 Å². The van der Waals surface area contributed by atoms with Gasteiger partial charge in [0.25, 0.3) is 0 Å². The lowest BCUT2D eigenvalue weighted by molar-refractivity contribution is -0.0457. The molecule has 2 aromatic carbocycles. The highest BCUT2D eigenvalue weighted by molar-refractivity contribution is 9.10. The van der Waals surface area contributed by atoms with E-state index in [1.165, 1.54) is 0 Å². The van der Waals surface area contributed by atoms with Crippen molar-refractivity contribution < 1.29 is 28.4 Å². The van der Waals surface area contributed by atoms with E-state index >= 15 is 0 Å². The second-order valence-corrected chi connectivity index (χ2v) is 8.69. The number of aryl methyl sites for hydroxylation is 2. The molecule has 0 atom stereocenters. The van der Waals surface area contributed by atoms with Crippen LogP contribution < -0.4 is 9.47 Å². The highest BCUT2D eigenvalue weighted by Crippen LogP contribution is 2.35. The highest BCUT2D eigenvalue weighted by atomic mass is 79.9. The quantitative estimate of drug-likeness (QED) is 0.460. The van der Waals surface area contributed by atoms with E-state index in [4.69, 9.17) is 28.4 Å². The molecular formula is C25H29BrN2O6. The van der Waals surface area contributed by atoms with Crippen molar-refractivity contribution in [1.29, 1.82) is 0 Å². The summed E-state index contributed by atoms with van der Waals surface area (Å²) in [5.41, 5.74) is 3.81. The fourth-order valence-electron chi connectivity index (χ4n) is 3.74. The van der Waals surface area contributed by atoms with Crippen molar-refractivity contribution in [2.24, 2.45) is 7.05 Å². The van der Waals surface area contributed by atoms with Crippen LogP contribution in [0.2, 0.25) is 0 Å². The molecular weight excluding hydrogens is 504 g/mol. The standard InChI is InChI=1S/C15H18N2O3.C10H11BrO3/c1-10-16-13(9-17(10)2)11-4-5-14(18-3)12(8-11)15-19-6-7-20-15;1-12-9-3-2-7(11)6-8(9)10-13-4-5-14-10/h4-5,8-9,15H,6-7H2,1-3H3;2-3,6,10H,4-5H2,1H3. The molecule has 9 heteroatoms. The van der Waals surface area contributed by atoms with Crippen molar-refractivity contribution in [2.45, 2.75) is 19.5 Å². The molecule has 2 aliphatic rings. The van der Waals surface area contributed by atoms with E-state index in [2.05, 4.69) is 20.9 Å². The maximum absolute atomic E-state index is 5.57. The van der Waals surface area contributed by atoms with Crippen LogP contribution in [0, 0.1) is 6.92 Å². The number of aromatic nitrogens is 2. The fraction of sp³-hybridized carbons (Fsp3) is 0.400. The largest absolute Gasteiger partial charge is 0.496 e. The smallest absolute Gasteiger partial charge is 0.187 e. The Morgan fingerprint density at radius 2 is 1.38 bits per heavy atom. The summed E-state index contributed by atoms with van der Waals surface area (Å²) in [6.45, 7) is 4.49. The van der Waals surface area contributed by atoms with Crippen LogP contribution in [0.3, 0.4) is 0 Å². The zero-order chi connectivity index (χ0) is 24.1. The third-order valence-electron chi connectivity index (χ3n) is 5.58. The Hall–Kier alpha value is -2.43. The van der Waals surface area contributed by atoms with Gasteiger partial charge in [-0.3, -0.25) is 0 Å². The number of hydrogen-bond acceptors (Lipinski definition) is 7. The van der Waals surface area contributed by atoms with E-state index in [0.29, 0.717) is 26.4 Å². The Morgan fingerprint density at radius 1 is 0.853 bits per heavy atom. The SMILES string of the molecule is COc1ccc(-c2cn(C)c(C)n2)cc1C1OCCO1.COc1ccc(Br)cc1C1OCCO1. The second kappa shape index (κ2) is 11.3. The Kier molecular flexibility index (Phi) is 8.23. The van der Waals surface area contributed by atoms with Gasteiger partial charge in [0.05, 0.1) is 57.5 Å². The molecule has 0 spiro atoms. The van der Waals surface area contributed by atoms with Crippen molar-refractivity contribution in [1.82, 2.24) is 9.55 Å². The van der Waals surface area contributed by atoms with Crippen molar-refractivity contribution in [2.75, 3.05) is 40.6 Å². The van der Waals surface area contributed by atoms with Crippen molar-refractivity contribution in [3.63, 3.8) is 0 Å². The maximum Gasteiger partial charge on any atom is 0.187 e. The maximum atomic E-state index is 5.57. The Bertz CT molecular complexity index is 1090. The summed E-state index contributed by atoms with van der Waals surface area (Å²) in [4.78, 5) is 4.54. The summed E-state index contributed by atoms with van der Waals surface area (Å²) < 4.78 is 35.6. The first-order valence-corrected chi connectivity index (χ1v) is 11.8. The molecule has 0 unspecified atom stereocenters. The lowest BCUT2D eigenvalue weighted by Crippen LogP contribution is -2.01. The molecule has 2 aliphatic heterocycles. The Labute approximate surface area is 207 Å². The van der Waals surface area contributed by atoms with E-state index in [9.17, 15) is 0 Å². The van der Waals surface area contributed by atoms with Gasteiger partial charge in [0.2, 0.25) is 0 Å². The molecule has 182 valence electrons. The van der Waals surface area contributed by atoms with Crippen molar-refractivity contribution >= 4 is 15.9 Å². The number of nitrogens with zero attached hydrogens (tertiary/aromatic N) is 2. The first-order valence-electron chi connectivity index (χ1n) is 11.0. The fourth-order valence-corrected chi connectivity index (χ4v) is 4.12. The van der Waals surface area contributed by atoms with Crippen molar-refractivity contribution in [3.8, 4) is 22.8 Å². The minimum absolute atomic E-state index is 0.289. The Balaban J connectivity index is 0.000000172. The van der Waals surface area contributed by atoms with Gasteiger partial charge in [-0.15, -0.1) is 0 Å². The molecule has 0 N–H and O–H groups in total. The number of methoxy groups -OCH3 is 2. The monoisotopic (exact) mass is 532 g/mol. The number of imidazole rings is 1. The van der Waals surface area contributed by atoms with Crippen LogP contribution >= 0.6 is 15.9 Å². The van der Waals surface area contributed by atoms with E-state index in [1.54, 1.807) is 14.2 Å². The second-order valence-electron chi connectivity index (χ2n) is 7.77. The average molecular weight is 533 g/mol. The summed E-state index contributed by atoms with van der Waals surface area (Å²) in [6.07, 6.45) is 1.37. The number of benzene rings is 2. The van der Waals surface area contributed by atoms with Gasteiger partial charge < -0.3 is 33.0 Å². The molecule has 3 heterocycles. The van der Waals surface area contributed by atoms with Gasteiger partial charge in [-0.2, -0.15) is 0 Å². The molecule has 34 heavy (non-hydrogen) atoms. The van der Waals surface area contributed by atoms with Gasteiger partial charge >= 0.3 is 0 Å². The van der Waals surface area contributed by atoms with E-state index < -0.39 is 0 Å². The molecule has 0 bridgehead atoms. The van der Waals surface area contributed by atoms with Crippen LogP contribution in [-0.2, 0) is 26.0 Å². The third-order valence-corrected chi connectivity index (χ3v) is 6.07. The molecule has 2 fully saturated rings. The predicted molar refractivity (Wildman–Crippen MR) is 130 cm³/mol. The van der Waals surface area contributed by atoms with Gasteiger partial charge in [-0.25, -0.2) is 4.98 Å². The molecule has 0 saturated carbocycles. The summed E-state index contributed by atoms with van der Waals surface area (Å²) >= 11 is 3.41. The molecule has 0 aliphatic carbocycles. The number of ether oxygens (including phenoxy) is 6. The molecule has 2 saturated heterocycles. The van der Waals surface area contributed by atoms with Crippen LogP contribution in [-0.4, -0.2) is 50.2 Å². The van der Waals surface area contributed by atoms with Crippen LogP contribution in [0.5, 0.6) is 11.5 Å².